The van der Waals surface area contributed by atoms with E-state index in [-0.39, 0.29) is 5.54 Å². The molecule has 19 heavy (non-hydrogen) atoms. The zero-order valence-corrected chi connectivity index (χ0v) is 13.0. The molecule has 1 aliphatic carbocycles. The quantitative estimate of drug-likeness (QED) is 0.831. The Morgan fingerprint density at radius 1 is 1.21 bits per heavy atom. The van der Waals surface area contributed by atoms with Crippen LogP contribution in [0.25, 0.3) is 0 Å². The van der Waals surface area contributed by atoms with E-state index >= 15 is 0 Å². The summed E-state index contributed by atoms with van der Waals surface area (Å²) in [6, 6.07) is 8.64. The van der Waals surface area contributed by atoms with Gasteiger partial charge in [-0.25, -0.2) is 0 Å². The predicted molar refractivity (Wildman–Crippen MR) is 83.1 cm³/mol. The van der Waals surface area contributed by atoms with Crippen LogP contribution in [0.1, 0.15) is 64.0 Å². The molecule has 0 saturated heterocycles. The first-order chi connectivity index (χ1) is 8.89. The minimum atomic E-state index is -0.0916. The average molecular weight is 259 g/mol. The van der Waals surface area contributed by atoms with E-state index < -0.39 is 0 Å². The van der Waals surface area contributed by atoms with Crippen molar-refractivity contribution in [1.29, 1.82) is 0 Å². The highest BCUT2D eigenvalue weighted by Crippen LogP contribution is 2.46. The van der Waals surface area contributed by atoms with Crippen molar-refractivity contribution in [1.82, 2.24) is 0 Å². The van der Waals surface area contributed by atoms with Gasteiger partial charge in [-0.3, -0.25) is 0 Å². The molecule has 1 heteroatoms. The summed E-state index contributed by atoms with van der Waals surface area (Å²) in [6.07, 6.45) is 6.06. The van der Waals surface area contributed by atoms with Crippen LogP contribution in [-0.2, 0) is 5.54 Å². The molecule has 1 aromatic rings. The lowest BCUT2D eigenvalue weighted by atomic mass is 9.64. The zero-order chi connectivity index (χ0) is 14.1. The third-order valence-electron chi connectivity index (χ3n) is 5.58. The van der Waals surface area contributed by atoms with Crippen molar-refractivity contribution in [2.75, 3.05) is 0 Å². The van der Waals surface area contributed by atoms with Crippen molar-refractivity contribution in [3.8, 4) is 0 Å². The van der Waals surface area contributed by atoms with Crippen molar-refractivity contribution in [2.24, 2.45) is 17.1 Å². The van der Waals surface area contributed by atoms with Gasteiger partial charge in [-0.1, -0.05) is 51.5 Å². The second-order valence-corrected chi connectivity index (χ2v) is 7.09. The second kappa shape index (κ2) is 5.28. The lowest BCUT2D eigenvalue weighted by Crippen LogP contribution is -2.43. The van der Waals surface area contributed by atoms with Crippen LogP contribution in [0.4, 0.5) is 0 Å². The number of hydrogen-bond acceptors (Lipinski definition) is 1. The molecule has 106 valence electrons. The van der Waals surface area contributed by atoms with Crippen molar-refractivity contribution < 1.29 is 0 Å². The van der Waals surface area contributed by atoms with Gasteiger partial charge in [0.15, 0.2) is 0 Å². The van der Waals surface area contributed by atoms with Crippen LogP contribution in [0.5, 0.6) is 0 Å². The average Bonchev–Trinajstić information content (AvgIpc) is 2.39. The molecule has 2 rings (SSSR count). The smallest absolute Gasteiger partial charge is 0.0412 e. The molecular formula is C18H29N. The molecule has 0 aromatic heterocycles. The van der Waals surface area contributed by atoms with Gasteiger partial charge in [0.05, 0.1) is 0 Å². The third kappa shape index (κ3) is 2.86. The highest BCUT2D eigenvalue weighted by atomic mass is 14.8. The molecule has 0 aliphatic heterocycles. The van der Waals surface area contributed by atoms with Gasteiger partial charge >= 0.3 is 0 Å². The van der Waals surface area contributed by atoms with E-state index in [1.54, 1.807) is 0 Å². The van der Waals surface area contributed by atoms with Gasteiger partial charge in [0.25, 0.3) is 0 Å². The molecule has 1 aliphatic rings. The number of aryl methyl sites for hydroxylation is 1. The first kappa shape index (κ1) is 14.6. The number of rotatable bonds is 3. The van der Waals surface area contributed by atoms with Gasteiger partial charge in [0, 0.05) is 5.54 Å². The number of benzene rings is 1. The predicted octanol–water partition coefficient (Wildman–Crippen LogP) is 4.78. The van der Waals surface area contributed by atoms with E-state index in [0.29, 0.717) is 5.41 Å². The van der Waals surface area contributed by atoms with Crippen LogP contribution in [0.3, 0.4) is 0 Å². The van der Waals surface area contributed by atoms with E-state index in [0.717, 1.165) is 18.8 Å². The SMILES string of the molecule is CCC(C)(C)C1CCC(N)(c2ccccc2C)CC1. The van der Waals surface area contributed by atoms with Gasteiger partial charge in [0.1, 0.15) is 0 Å². The Bertz CT molecular complexity index is 425. The topological polar surface area (TPSA) is 26.0 Å². The van der Waals surface area contributed by atoms with E-state index in [9.17, 15) is 0 Å². The van der Waals surface area contributed by atoms with E-state index in [1.165, 1.54) is 30.4 Å². The Morgan fingerprint density at radius 3 is 2.32 bits per heavy atom. The monoisotopic (exact) mass is 259 g/mol. The Labute approximate surface area is 118 Å². The van der Waals surface area contributed by atoms with Crippen LogP contribution in [0.2, 0.25) is 0 Å². The minimum absolute atomic E-state index is 0.0916. The first-order valence-corrected chi connectivity index (χ1v) is 7.74. The molecule has 0 radical (unpaired) electrons. The summed E-state index contributed by atoms with van der Waals surface area (Å²) in [5.41, 5.74) is 9.81. The molecule has 1 fully saturated rings. The molecule has 0 bridgehead atoms. The highest BCUT2D eigenvalue weighted by Gasteiger charge is 2.38. The first-order valence-electron chi connectivity index (χ1n) is 7.74. The second-order valence-electron chi connectivity index (χ2n) is 7.09. The highest BCUT2D eigenvalue weighted by molar-refractivity contribution is 5.32. The van der Waals surface area contributed by atoms with Crippen LogP contribution < -0.4 is 5.73 Å². The maximum absolute atomic E-state index is 6.73. The molecule has 1 aromatic carbocycles. The Kier molecular flexibility index (Phi) is 4.06. The molecule has 0 unspecified atom stereocenters. The maximum Gasteiger partial charge on any atom is 0.0412 e. The van der Waals surface area contributed by atoms with E-state index in [4.69, 9.17) is 5.73 Å². The van der Waals surface area contributed by atoms with Gasteiger partial charge in [0.2, 0.25) is 0 Å². The van der Waals surface area contributed by atoms with E-state index in [2.05, 4.69) is 52.0 Å². The zero-order valence-electron chi connectivity index (χ0n) is 13.0. The summed E-state index contributed by atoms with van der Waals surface area (Å²) in [5, 5.41) is 0. The third-order valence-corrected chi connectivity index (χ3v) is 5.58. The maximum atomic E-state index is 6.73. The fourth-order valence-corrected chi connectivity index (χ4v) is 3.60. The number of nitrogens with two attached hydrogens (primary N) is 1. The minimum Gasteiger partial charge on any atom is -0.321 e. The summed E-state index contributed by atoms with van der Waals surface area (Å²) in [6.45, 7) is 9.32. The standard InChI is InChI=1S/C18H29N/c1-5-17(3,4)15-10-12-18(19,13-11-15)16-9-7-6-8-14(16)2/h6-9,15H,5,10-13,19H2,1-4H3. The largest absolute Gasteiger partial charge is 0.321 e. The molecule has 0 heterocycles. The van der Waals surface area contributed by atoms with Gasteiger partial charge in [-0.2, -0.15) is 0 Å². The lowest BCUT2D eigenvalue weighted by Gasteiger charge is -2.44. The Hall–Kier alpha value is -0.820. The summed E-state index contributed by atoms with van der Waals surface area (Å²) < 4.78 is 0. The molecule has 0 atom stereocenters. The molecule has 0 amide bonds. The van der Waals surface area contributed by atoms with Crippen molar-refractivity contribution in [2.45, 2.75) is 65.3 Å². The fraction of sp³-hybridized carbons (Fsp3) is 0.667. The van der Waals surface area contributed by atoms with Crippen LogP contribution in [0.15, 0.2) is 24.3 Å². The normalized spacial score (nSPS) is 28.4. The number of hydrogen-bond donors (Lipinski definition) is 1. The Balaban J connectivity index is 2.13. The van der Waals surface area contributed by atoms with Crippen molar-refractivity contribution in [3.05, 3.63) is 35.4 Å². The van der Waals surface area contributed by atoms with E-state index in [1.807, 2.05) is 0 Å². The summed E-state index contributed by atoms with van der Waals surface area (Å²) in [7, 11) is 0. The fourth-order valence-electron chi connectivity index (χ4n) is 3.60. The van der Waals surface area contributed by atoms with Crippen LogP contribution >= 0.6 is 0 Å². The van der Waals surface area contributed by atoms with Crippen LogP contribution in [0, 0.1) is 18.3 Å². The summed E-state index contributed by atoms with van der Waals surface area (Å²) >= 11 is 0. The summed E-state index contributed by atoms with van der Waals surface area (Å²) in [5.74, 6) is 0.832. The van der Waals surface area contributed by atoms with Gasteiger partial charge in [-0.05, 0) is 55.1 Å². The lowest BCUT2D eigenvalue weighted by molar-refractivity contribution is 0.115. The van der Waals surface area contributed by atoms with Crippen LogP contribution in [-0.4, -0.2) is 0 Å². The molecule has 1 saturated carbocycles. The van der Waals surface area contributed by atoms with Gasteiger partial charge < -0.3 is 5.73 Å². The summed E-state index contributed by atoms with van der Waals surface area (Å²) in [4.78, 5) is 0. The molecule has 2 N–H and O–H groups in total. The van der Waals surface area contributed by atoms with Crippen molar-refractivity contribution in [3.63, 3.8) is 0 Å². The van der Waals surface area contributed by atoms with Gasteiger partial charge in [-0.15, -0.1) is 0 Å². The molecule has 1 nitrogen and oxygen atoms in total. The van der Waals surface area contributed by atoms with Crippen molar-refractivity contribution >= 4 is 0 Å². The molecular weight excluding hydrogens is 230 g/mol. The Morgan fingerprint density at radius 2 is 1.79 bits per heavy atom. The molecule has 0 spiro atoms.